The number of halogens is 1. The van der Waals surface area contributed by atoms with Crippen molar-refractivity contribution in [2.24, 2.45) is 0 Å². The number of rotatable bonds is 3. The molecule has 4 heteroatoms. The summed E-state index contributed by atoms with van der Waals surface area (Å²) in [6, 6.07) is 8.66. The number of hydrogen-bond acceptors (Lipinski definition) is 3. The summed E-state index contributed by atoms with van der Waals surface area (Å²) < 4.78 is 4.97. The molecule has 0 aromatic heterocycles. The summed E-state index contributed by atoms with van der Waals surface area (Å²) in [5, 5.41) is 7.85. The van der Waals surface area contributed by atoms with Crippen molar-refractivity contribution in [1.29, 1.82) is 5.26 Å². The van der Waals surface area contributed by atoms with Crippen LogP contribution in [-0.4, -0.2) is 12.4 Å². The molecule has 0 aliphatic carbocycles. The second-order valence-corrected chi connectivity index (χ2v) is 3.06. The van der Waals surface area contributed by atoms with Gasteiger partial charge in [-0.15, -0.1) is 0 Å². The quantitative estimate of drug-likeness (QED) is 0.447. The van der Waals surface area contributed by atoms with E-state index in [9.17, 15) is 4.79 Å². The van der Waals surface area contributed by atoms with E-state index in [1.165, 1.54) is 6.08 Å². The average Bonchev–Trinajstić information content (AvgIpc) is 2.26. The van der Waals surface area contributed by atoms with E-state index in [-0.39, 0.29) is 5.57 Å². The number of carbonyl (C=O) groups excluding carboxylic acids is 1. The maximum absolute atomic E-state index is 10.8. The van der Waals surface area contributed by atoms with Crippen molar-refractivity contribution in [2.75, 3.05) is 7.11 Å². The molecule has 0 unspecified atom stereocenters. The first kappa shape index (κ1) is 11.3. The third kappa shape index (κ3) is 3.12. The molecule has 3 nitrogen and oxygen atoms in total. The lowest BCUT2D eigenvalue weighted by molar-refractivity contribution is -0.108. The lowest BCUT2D eigenvalue weighted by Gasteiger charge is -1.99. The van der Waals surface area contributed by atoms with Crippen LogP contribution in [0.2, 0.25) is 0 Å². The zero-order valence-corrected chi connectivity index (χ0v) is 8.78. The van der Waals surface area contributed by atoms with Gasteiger partial charge in [0, 0.05) is 0 Å². The van der Waals surface area contributed by atoms with Crippen LogP contribution in [0.25, 0.3) is 6.08 Å². The van der Waals surface area contributed by atoms with Gasteiger partial charge < -0.3 is 4.74 Å². The minimum Gasteiger partial charge on any atom is -0.497 e. The van der Waals surface area contributed by atoms with Crippen molar-refractivity contribution in [3.05, 3.63) is 35.4 Å². The second-order valence-electron chi connectivity index (χ2n) is 2.72. The van der Waals surface area contributed by atoms with Gasteiger partial charge in [0.2, 0.25) is 0 Å². The van der Waals surface area contributed by atoms with Gasteiger partial charge in [0.25, 0.3) is 5.24 Å². The Balaban J connectivity index is 2.98. The van der Waals surface area contributed by atoms with E-state index in [4.69, 9.17) is 21.6 Å². The Morgan fingerprint density at radius 1 is 1.47 bits per heavy atom. The Bertz CT molecular complexity index is 429. The van der Waals surface area contributed by atoms with E-state index < -0.39 is 5.24 Å². The van der Waals surface area contributed by atoms with Crippen molar-refractivity contribution in [2.45, 2.75) is 0 Å². The van der Waals surface area contributed by atoms with Crippen LogP contribution in [0.5, 0.6) is 5.75 Å². The monoisotopic (exact) mass is 221 g/mol. The molecule has 0 saturated carbocycles. The molecule has 15 heavy (non-hydrogen) atoms. The van der Waals surface area contributed by atoms with Crippen LogP contribution in [0, 0.1) is 11.3 Å². The molecule has 0 fully saturated rings. The number of hydrogen-bond donors (Lipinski definition) is 0. The van der Waals surface area contributed by atoms with E-state index in [0.29, 0.717) is 5.75 Å². The molecule has 0 aliphatic heterocycles. The maximum atomic E-state index is 10.8. The maximum Gasteiger partial charge on any atom is 0.262 e. The highest BCUT2D eigenvalue weighted by atomic mass is 35.5. The van der Waals surface area contributed by atoms with E-state index >= 15 is 0 Å². The number of benzene rings is 1. The molecular formula is C11H8ClNO2. The molecule has 0 aliphatic rings. The van der Waals surface area contributed by atoms with Gasteiger partial charge in [-0.25, -0.2) is 0 Å². The lowest BCUT2D eigenvalue weighted by Crippen LogP contribution is -1.89. The number of allylic oxidation sites excluding steroid dienone is 1. The molecule has 0 spiro atoms. The highest BCUT2D eigenvalue weighted by Gasteiger charge is 2.04. The Labute approximate surface area is 92.5 Å². The van der Waals surface area contributed by atoms with Crippen LogP contribution in [0.1, 0.15) is 5.56 Å². The summed E-state index contributed by atoms with van der Waals surface area (Å²) in [6.07, 6.45) is 1.43. The summed E-state index contributed by atoms with van der Waals surface area (Å²) in [7, 11) is 1.56. The predicted molar refractivity (Wildman–Crippen MR) is 57.4 cm³/mol. The van der Waals surface area contributed by atoms with Gasteiger partial charge in [0.1, 0.15) is 17.4 Å². The molecule has 0 bridgehead atoms. The standard InChI is InChI=1S/C11H8ClNO2/c1-15-10-4-2-8(3-5-10)6-9(7-13)11(12)14/h2-6H,1H3/b9-6-. The third-order valence-electron chi connectivity index (χ3n) is 1.76. The van der Waals surface area contributed by atoms with Gasteiger partial charge in [-0.2, -0.15) is 5.26 Å². The number of nitrogens with zero attached hydrogens (tertiary/aromatic N) is 1. The van der Waals surface area contributed by atoms with Crippen molar-refractivity contribution in [3.63, 3.8) is 0 Å². The van der Waals surface area contributed by atoms with Gasteiger partial charge in [-0.1, -0.05) is 12.1 Å². The molecule has 1 aromatic carbocycles. The van der Waals surface area contributed by atoms with E-state index in [0.717, 1.165) is 5.56 Å². The molecule has 0 atom stereocenters. The van der Waals surface area contributed by atoms with Crippen molar-refractivity contribution >= 4 is 22.9 Å². The fraction of sp³-hybridized carbons (Fsp3) is 0.0909. The lowest BCUT2D eigenvalue weighted by atomic mass is 10.1. The predicted octanol–water partition coefficient (Wildman–Crippen LogP) is 2.37. The third-order valence-corrected chi connectivity index (χ3v) is 1.96. The molecule has 76 valence electrons. The fourth-order valence-corrected chi connectivity index (χ4v) is 1.10. The number of methoxy groups -OCH3 is 1. The zero-order chi connectivity index (χ0) is 11.3. The summed E-state index contributed by atoms with van der Waals surface area (Å²) in [5.41, 5.74) is 0.642. The molecule has 0 radical (unpaired) electrons. The summed E-state index contributed by atoms with van der Waals surface area (Å²) in [5.74, 6) is 0.711. The first-order valence-corrected chi connectivity index (χ1v) is 4.51. The van der Waals surface area contributed by atoms with Crippen LogP contribution in [-0.2, 0) is 4.79 Å². The van der Waals surface area contributed by atoms with Crippen molar-refractivity contribution in [3.8, 4) is 11.8 Å². The van der Waals surface area contributed by atoms with Crippen LogP contribution in [0.4, 0.5) is 0 Å². The summed E-state index contributed by atoms with van der Waals surface area (Å²) in [6.45, 7) is 0. The Morgan fingerprint density at radius 2 is 2.07 bits per heavy atom. The normalized spacial score (nSPS) is 10.6. The molecule has 0 N–H and O–H groups in total. The minimum atomic E-state index is -0.756. The van der Waals surface area contributed by atoms with Gasteiger partial charge >= 0.3 is 0 Å². The van der Waals surface area contributed by atoms with Gasteiger partial charge in [0.05, 0.1) is 7.11 Å². The van der Waals surface area contributed by atoms with E-state index in [2.05, 4.69) is 0 Å². The Hall–Kier alpha value is -1.79. The SMILES string of the molecule is COc1ccc(/C=C(/C#N)C(=O)Cl)cc1. The van der Waals surface area contributed by atoms with E-state index in [1.54, 1.807) is 37.4 Å². The van der Waals surface area contributed by atoms with E-state index in [1.807, 2.05) is 0 Å². The van der Waals surface area contributed by atoms with Gasteiger partial charge in [-0.05, 0) is 35.4 Å². The van der Waals surface area contributed by atoms with Gasteiger partial charge in [0.15, 0.2) is 0 Å². The second kappa shape index (κ2) is 5.18. The number of ether oxygens (including phenoxy) is 1. The fourth-order valence-electron chi connectivity index (χ4n) is 1.000. The first-order valence-electron chi connectivity index (χ1n) is 4.13. The molecule has 0 amide bonds. The molecule has 1 aromatic rings. The Morgan fingerprint density at radius 3 is 2.47 bits per heavy atom. The Kier molecular flexibility index (Phi) is 3.90. The number of carbonyl (C=O) groups is 1. The van der Waals surface area contributed by atoms with Crippen LogP contribution < -0.4 is 4.74 Å². The average molecular weight is 222 g/mol. The number of nitriles is 1. The summed E-state index contributed by atoms with van der Waals surface area (Å²) >= 11 is 5.20. The zero-order valence-electron chi connectivity index (χ0n) is 8.03. The van der Waals surface area contributed by atoms with Crippen molar-refractivity contribution < 1.29 is 9.53 Å². The van der Waals surface area contributed by atoms with Crippen LogP contribution in [0.15, 0.2) is 29.8 Å². The highest BCUT2D eigenvalue weighted by molar-refractivity contribution is 6.68. The summed E-state index contributed by atoms with van der Waals surface area (Å²) in [4.78, 5) is 10.8. The highest BCUT2D eigenvalue weighted by Crippen LogP contribution is 2.14. The smallest absolute Gasteiger partial charge is 0.262 e. The molecular weight excluding hydrogens is 214 g/mol. The topological polar surface area (TPSA) is 50.1 Å². The van der Waals surface area contributed by atoms with Crippen molar-refractivity contribution in [1.82, 2.24) is 0 Å². The molecule has 0 saturated heterocycles. The first-order chi connectivity index (χ1) is 7.17. The van der Waals surface area contributed by atoms with Crippen LogP contribution >= 0.6 is 11.6 Å². The minimum absolute atomic E-state index is 0.0816. The molecule has 1 rings (SSSR count). The largest absolute Gasteiger partial charge is 0.497 e. The van der Waals surface area contributed by atoms with Gasteiger partial charge in [-0.3, -0.25) is 4.79 Å². The van der Waals surface area contributed by atoms with Crippen LogP contribution in [0.3, 0.4) is 0 Å². The molecule has 0 heterocycles.